The lowest BCUT2D eigenvalue weighted by atomic mass is 10.3. The molecule has 0 saturated carbocycles. The van der Waals surface area contributed by atoms with Crippen LogP contribution in [0.1, 0.15) is 0 Å². The van der Waals surface area contributed by atoms with Crippen molar-refractivity contribution in [1.82, 2.24) is 0 Å². The molecule has 0 aromatic heterocycles. The Bertz CT molecular complexity index is 759. The Hall–Kier alpha value is -2.42. The minimum atomic E-state index is -4.93. The molecule has 118 valence electrons. The fourth-order valence-corrected chi connectivity index (χ4v) is 2.69. The predicted octanol–water partition coefficient (Wildman–Crippen LogP) is 2.97. The first-order valence-corrected chi connectivity index (χ1v) is 7.39. The average Bonchev–Trinajstić information content (AvgIpc) is 2.39. The molecule has 0 spiro atoms. The van der Waals surface area contributed by atoms with Crippen LogP contribution < -0.4 is 15.2 Å². The number of nitrogens with two attached hydrogens (primary N) is 1. The zero-order valence-corrected chi connectivity index (χ0v) is 11.8. The topological polar surface area (TPSA) is 81.4 Å². The molecule has 9 heteroatoms. The van der Waals surface area contributed by atoms with Crippen molar-refractivity contribution in [2.24, 2.45) is 0 Å². The third-order valence-electron chi connectivity index (χ3n) is 2.55. The zero-order valence-electron chi connectivity index (χ0n) is 11.0. The van der Waals surface area contributed by atoms with Crippen molar-refractivity contribution in [2.75, 3.05) is 10.5 Å². The molecule has 2 rings (SSSR count). The molecule has 0 aliphatic rings. The smallest absolute Gasteiger partial charge is 0.404 e. The molecular weight excluding hydrogens is 321 g/mol. The maximum absolute atomic E-state index is 12.3. The van der Waals surface area contributed by atoms with Crippen LogP contribution in [-0.4, -0.2) is 14.8 Å². The van der Waals surface area contributed by atoms with Gasteiger partial charge in [0.2, 0.25) is 0 Å². The standard InChI is InChI=1S/C13H11F3N2O3S/c14-13(15,16)21-12-4-2-1-3-11(12)18-22(19,20)10-7-5-9(17)6-8-10/h1-8,18H,17H2. The third-order valence-corrected chi connectivity index (χ3v) is 3.93. The summed E-state index contributed by atoms with van der Waals surface area (Å²) in [6.45, 7) is 0. The van der Waals surface area contributed by atoms with Crippen LogP contribution in [0.2, 0.25) is 0 Å². The van der Waals surface area contributed by atoms with Gasteiger partial charge in [0.25, 0.3) is 10.0 Å². The van der Waals surface area contributed by atoms with Gasteiger partial charge in [0, 0.05) is 5.69 Å². The highest BCUT2D eigenvalue weighted by molar-refractivity contribution is 7.92. The van der Waals surface area contributed by atoms with E-state index in [1.54, 1.807) is 0 Å². The largest absolute Gasteiger partial charge is 0.573 e. The summed E-state index contributed by atoms with van der Waals surface area (Å²) in [5.74, 6) is -0.644. The summed E-state index contributed by atoms with van der Waals surface area (Å²) in [6.07, 6.45) is -4.93. The van der Waals surface area contributed by atoms with Gasteiger partial charge in [-0.2, -0.15) is 0 Å². The molecule has 0 saturated heterocycles. The van der Waals surface area contributed by atoms with Crippen molar-refractivity contribution in [3.63, 3.8) is 0 Å². The molecule has 0 fully saturated rings. The van der Waals surface area contributed by atoms with Gasteiger partial charge in [-0.25, -0.2) is 8.42 Å². The number of sulfonamides is 1. The second-order valence-electron chi connectivity index (χ2n) is 4.22. The molecule has 0 heterocycles. The number of anilines is 2. The molecule has 0 amide bonds. The van der Waals surface area contributed by atoms with Gasteiger partial charge in [-0.3, -0.25) is 4.72 Å². The Morgan fingerprint density at radius 2 is 1.59 bits per heavy atom. The minimum absolute atomic E-state index is 0.136. The summed E-state index contributed by atoms with van der Waals surface area (Å²) in [5, 5.41) is 0. The summed E-state index contributed by atoms with van der Waals surface area (Å²) in [5.41, 5.74) is 5.49. The van der Waals surface area contributed by atoms with E-state index in [9.17, 15) is 21.6 Å². The Labute approximate surface area is 124 Å². The van der Waals surface area contributed by atoms with Crippen LogP contribution in [0.15, 0.2) is 53.4 Å². The van der Waals surface area contributed by atoms with Crippen LogP contribution in [0, 0.1) is 0 Å². The number of hydrogen-bond acceptors (Lipinski definition) is 4. The van der Waals surface area contributed by atoms with Gasteiger partial charge in [-0.1, -0.05) is 12.1 Å². The monoisotopic (exact) mass is 332 g/mol. The van der Waals surface area contributed by atoms with Gasteiger partial charge in [-0.15, -0.1) is 13.2 Å². The molecule has 5 nitrogen and oxygen atoms in total. The van der Waals surface area contributed by atoms with Gasteiger partial charge in [-0.05, 0) is 36.4 Å². The van der Waals surface area contributed by atoms with E-state index >= 15 is 0 Å². The minimum Gasteiger partial charge on any atom is -0.404 e. The van der Waals surface area contributed by atoms with Crippen LogP contribution in [0.3, 0.4) is 0 Å². The van der Waals surface area contributed by atoms with Gasteiger partial charge < -0.3 is 10.5 Å². The van der Waals surface area contributed by atoms with Gasteiger partial charge in [0.1, 0.15) is 0 Å². The van der Waals surface area contributed by atoms with Crippen LogP contribution >= 0.6 is 0 Å². The number of ether oxygens (including phenoxy) is 1. The quantitative estimate of drug-likeness (QED) is 0.844. The maximum Gasteiger partial charge on any atom is 0.573 e. The molecule has 0 radical (unpaired) electrons. The first-order chi connectivity index (χ1) is 10.2. The number of rotatable bonds is 4. The molecule has 0 aliphatic heterocycles. The lowest BCUT2D eigenvalue weighted by Gasteiger charge is -2.14. The van der Waals surface area contributed by atoms with E-state index < -0.39 is 22.1 Å². The van der Waals surface area contributed by atoms with Crippen molar-refractivity contribution >= 4 is 21.4 Å². The zero-order chi connectivity index (χ0) is 16.4. The van der Waals surface area contributed by atoms with Crippen LogP contribution in [0.4, 0.5) is 24.5 Å². The number of nitrogen functional groups attached to an aromatic ring is 1. The highest BCUT2D eigenvalue weighted by Crippen LogP contribution is 2.31. The SMILES string of the molecule is Nc1ccc(S(=O)(=O)Nc2ccccc2OC(F)(F)F)cc1. The van der Waals surface area contributed by atoms with Gasteiger partial charge >= 0.3 is 6.36 Å². The molecule has 0 aliphatic carbocycles. The number of alkyl halides is 3. The average molecular weight is 332 g/mol. The molecule has 0 unspecified atom stereocenters. The Morgan fingerprint density at radius 1 is 1.00 bits per heavy atom. The van der Waals surface area contributed by atoms with Crippen LogP contribution in [0.5, 0.6) is 5.75 Å². The maximum atomic E-state index is 12.3. The molecule has 2 aromatic carbocycles. The van der Waals surface area contributed by atoms with E-state index in [0.29, 0.717) is 5.69 Å². The number of nitrogens with one attached hydrogen (secondary N) is 1. The molecule has 0 bridgehead atoms. The highest BCUT2D eigenvalue weighted by atomic mass is 32.2. The summed E-state index contributed by atoms with van der Waals surface area (Å²) >= 11 is 0. The molecule has 2 aromatic rings. The summed E-state index contributed by atoms with van der Waals surface area (Å²) in [4.78, 5) is -0.136. The Balaban J connectivity index is 2.32. The van der Waals surface area contributed by atoms with Gasteiger partial charge in [0.15, 0.2) is 5.75 Å². The Morgan fingerprint density at radius 3 is 2.18 bits per heavy atom. The molecule has 22 heavy (non-hydrogen) atoms. The number of hydrogen-bond donors (Lipinski definition) is 2. The van der Waals surface area contributed by atoms with Crippen molar-refractivity contribution in [1.29, 1.82) is 0 Å². The van der Waals surface area contributed by atoms with E-state index in [2.05, 4.69) is 9.46 Å². The summed E-state index contributed by atoms with van der Waals surface area (Å²) in [6, 6.07) is 10.1. The summed E-state index contributed by atoms with van der Waals surface area (Å²) in [7, 11) is -4.06. The second-order valence-corrected chi connectivity index (χ2v) is 5.90. The van der Waals surface area contributed by atoms with Gasteiger partial charge in [0.05, 0.1) is 10.6 Å². The third kappa shape index (κ3) is 4.04. The fraction of sp³-hybridized carbons (Fsp3) is 0.0769. The highest BCUT2D eigenvalue weighted by Gasteiger charge is 2.32. The molecule has 0 atom stereocenters. The molecule has 3 N–H and O–H groups in total. The first-order valence-electron chi connectivity index (χ1n) is 5.90. The van der Waals surface area contributed by atoms with E-state index in [1.807, 2.05) is 0 Å². The summed E-state index contributed by atoms with van der Waals surface area (Å²) < 4.78 is 67.0. The lowest BCUT2D eigenvalue weighted by Crippen LogP contribution is -2.19. The number of halogens is 3. The number of para-hydroxylation sites is 2. The lowest BCUT2D eigenvalue weighted by molar-refractivity contribution is -0.274. The Kier molecular flexibility index (Phi) is 4.18. The van der Waals surface area contributed by atoms with E-state index in [1.165, 1.54) is 36.4 Å². The van der Waals surface area contributed by atoms with E-state index in [4.69, 9.17) is 5.73 Å². The fourth-order valence-electron chi connectivity index (χ4n) is 1.62. The van der Waals surface area contributed by atoms with E-state index in [-0.39, 0.29) is 10.6 Å². The van der Waals surface area contributed by atoms with E-state index in [0.717, 1.165) is 12.1 Å². The second kappa shape index (κ2) is 5.76. The van der Waals surface area contributed by atoms with Crippen LogP contribution in [-0.2, 0) is 10.0 Å². The normalized spacial score (nSPS) is 12.0. The predicted molar refractivity (Wildman–Crippen MR) is 74.8 cm³/mol. The number of benzene rings is 2. The van der Waals surface area contributed by atoms with Crippen molar-refractivity contribution in [3.05, 3.63) is 48.5 Å². The van der Waals surface area contributed by atoms with Crippen molar-refractivity contribution in [3.8, 4) is 5.75 Å². The van der Waals surface area contributed by atoms with Crippen molar-refractivity contribution in [2.45, 2.75) is 11.3 Å². The van der Waals surface area contributed by atoms with Crippen LogP contribution in [0.25, 0.3) is 0 Å². The first kappa shape index (κ1) is 16.0. The molecular formula is C13H11F3N2O3S. The van der Waals surface area contributed by atoms with Crippen molar-refractivity contribution < 1.29 is 26.3 Å².